The van der Waals surface area contributed by atoms with Crippen LogP contribution < -0.4 is 4.90 Å². The molecule has 1 rings (SSSR count). The first-order chi connectivity index (χ1) is 7.50. The van der Waals surface area contributed by atoms with Gasteiger partial charge in [-0.2, -0.15) is 0 Å². The molecule has 4 heteroatoms. The summed E-state index contributed by atoms with van der Waals surface area (Å²) in [5.41, 5.74) is 0.619. The van der Waals surface area contributed by atoms with Crippen LogP contribution in [0.4, 0.5) is 5.69 Å². The summed E-state index contributed by atoms with van der Waals surface area (Å²) < 4.78 is 0. The summed E-state index contributed by atoms with van der Waals surface area (Å²) in [6.07, 6.45) is 0.448. The number of rotatable bonds is 4. The van der Waals surface area contributed by atoms with Crippen LogP contribution in [0.25, 0.3) is 0 Å². The quantitative estimate of drug-likeness (QED) is 0.842. The Hall–Kier alpha value is -1.84. The molecule has 16 heavy (non-hydrogen) atoms. The fourth-order valence-electron chi connectivity index (χ4n) is 1.30. The average Bonchev–Trinajstić information content (AvgIpc) is 2.24. The number of aromatic hydroxyl groups is 1. The highest BCUT2D eigenvalue weighted by atomic mass is 16.3. The minimum atomic E-state index is -0.138. The van der Waals surface area contributed by atoms with E-state index in [2.05, 4.69) is 0 Å². The summed E-state index contributed by atoms with van der Waals surface area (Å²) in [4.78, 5) is 23.8. The van der Waals surface area contributed by atoms with Crippen molar-refractivity contribution in [3.8, 4) is 5.75 Å². The fraction of sp³-hybridized carbons (Fsp3) is 0.333. The highest BCUT2D eigenvalue weighted by Crippen LogP contribution is 2.19. The molecule has 4 nitrogen and oxygen atoms in total. The molecule has 1 amide bonds. The lowest BCUT2D eigenvalue weighted by atomic mass is 10.2. The molecule has 0 radical (unpaired) electrons. The van der Waals surface area contributed by atoms with E-state index >= 15 is 0 Å². The molecule has 0 aliphatic heterocycles. The number of ketones is 1. The third-order valence-corrected chi connectivity index (χ3v) is 2.28. The van der Waals surface area contributed by atoms with Gasteiger partial charge in [-0.25, -0.2) is 0 Å². The minimum Gasteiger partial charge on any atom is -0.508 e. The van der Waals surface area contributed by atoms with E-state index in [1.54, 1.807) is 19.2 Å². The van der Waals surface area contributed by atoms with Crippen molar-refractivity contribution in [2.24, 2.45) is 0 Å². The predicted octanol–water partition coefficient (Wildman–Crippen LogP) is 1.72. The van der Waals surface area contributed by atoms with Crippen molar-refractivity contribution in [3.05, 3.63) is 24.3 Å². The number of benzene rings is 1. The highest BCUT2D eigenvalue weighted by Gasteiger charge is 2.11. The number of hydrogen-bond acceptors (Lipinski definition) is 3. The highest BCUT2D eigenvalue weighted by molar-refractivity contribution is 5.95. The molecule has 0 heterocycles. The summed E-state index contributed by atoms with van der Waals surface area (Å²) >= 11 is 0. The van der Waals surface area contributed by atoms with E-state index in [-0.39, 0.29) is 30.3 Å². The van der Waals surface area contributed by atoms with Gasteiger partial charge in [0.25, 0.3) is 0 Å². The third-order valence-electron chi connectivity index (χ3n) is 2.28. The van der Waals surface area contributed by atoms with Crippen LogP contribution in [0.15, 0.2) is 24.3 Å². The number of hydrogen-bond donors (Lipinski definition) is 1. The second kappa shape index (κ2) is 5.30. The van der Waals surface area contributed by atoms with Crippen LogP contribution in [0.2, 0.25) is 0 Å². The van der Waals surface area contributed by atoms with E-state index in [0.29, 0.717) is 5.69 Å². The molecule has 0 aliphatic carbocycles. The van der Waals surface area contributed by atoms with Crippen LogP contribution >= 0.6 is 0 Å². The summed E-state index contributed by atoms with van der Waals surface area (Å²) in [6, 6.07) is 6.44. The lowest BCUT2D eigenvalue weighted by molar-refractivity contribution is -0.122. The molecule has 0 unspecified atom stereocenters. The van der Waals surface area contributed by atoms with Gasteiger partial charge in [-0.3, -0.25) is 4.79 Å². The first-order valence-corrected chi connectivity index (χ1v) is 5.05. The average molecular weight is 221 g/mol. The Kier molecular flexibility index (Phi) is 4.05. The number of carbonyl (C=O) groups excluding carboxylic acids is 2. The fourth-order valence-corrected chi connectivity index (χ4v) is 1.30. The van der Waals surface area contributed by atoms with Crippen molar-refractivity contribution >= 4 is 17.4 Å². The van der Waals surface area contributed by atoms with Crippen molar-refractivity contribution in [2.75, 3.05) is 11.9 Å². The monoisotopic (exact) mass is 221 g/mol. The van der Waals surface area contributed by atoms with Crippen LogP contribution in [-0.4, -0.2) is 23.8 Å². The smallest absolute Gasteiger partial charge is 0.227 e. The summed E-state index contributed by atoms with van der Waals surface area (Å²) in [5, 5.41) is 9.27. The Morgan fingerprint density at radius 1 is 1.31 bits per heavy atom. The van der Waals surface area contributed by atoms with E-state index < -0.39 is 0 Å². The molecule has 0 spiro atoms. The molecule has 0 saturated heterocycles. The SMILES string of the molecule is CC(=O)CCC(=O)N(C)c1cccc(O)c1. The lowest BCUT2D eigenvalue weighted by Crippen LogP contribution is -2.26. The van der Waals surface area contributed by atoms with E-state index in [1.165, 1.54) is 24.0 Å². The van der Waals surface area contributed by atoms with E-state index in [4.69, 9.17) is 0 Å². The standard InChI is InChI=1S/C12H15NO3/c1-9(14)6-7-12(16)13(2)10-4-3-5-11(15)8-10/h3-5,8,15H,6-7H2,1-2H3. The number of amides is 1. The Morgan fingerprint density at radius 3 is 2.56 bits per heavy atom. The van der Waals surface area contributed by atoms with Gasteiger partial charge in [0.15, 0.2) is 0 Å². The molecule has 0 aliphatic rings. The number of carbonyl (C=O) groups is 2. The van der Waals surface area contributed by atoms with Crippen molar-refractivity contribution in [3.63, 3.8) is 0 Å². The molecule has 0 saturated carbocycles. The molecular formula is C12H15NO3. The second-order valence-corrected chi connectivity index (χ2v) is 3.67. The zero-order valence-corrected chi connectivity index (χ0v) is 9.43. The maximum absolute atomic E-state index is 11.7. The first kappa shape index (κ1) is 12.2. The topological polar surface area (TPSA) is 57.6 Å². The summed E-state index contributed by atoms with van der Waals surface area (Å²) in [5.74, 6) is -0.0258. The molecule has 1 N–H and O–H groups in total. The van der Waals surface area contributed by atoms with Crippen LogP contribution in [0.3, 0.4) is 0 Å². The molecule has 0 bridgehead atoms. The van der Waals surface area contributed by atoms with Crippen LogP contribution in [0, 0.1) is 0 Å². The van der Waals surface area contributed by atoms with Crippen LogP contribution in [0.5, 0.6) is 5.75 Å². The van der Waals surface area contributed by atoms with Gasteiger partial charge in [-0.05, 0) is 19.1 Å². The lowest BCUT2D eigenvalue weighted by Gasteiger charge is -2.17. The summed E-state index contributed by atoms with van der Waals surface area (Å²) in [7, 11) is 1.62. The number of nitrogens with zero attached hydrogens (tertiary/aromatic N) is 1. The van der Waals surface area contributed by atoms with Crippen molar-refractivity contribution < 1.29 is 14.7 Å². The van der Waals surface area contributed by atoms with Crippen molar-refractivity contribution in [2.45, 2.75) is 19.8 Å². The maximum atomic E-state index is 11.7. The number of anilines is 1. The zero-order chi connectivity index (χ0) is 12.1. The normalized spacial score (nSPS) is 9.88. The first-order valence-electron chi connectivity index (χ1n) is 5.05. The van der Waals surface area contributed by atoms with Gasteiger partial charge in [-0.15, -0.1) is 0 Å². The molecule has 0 fully saturated rings. The molecule has 0 aromatic heterocycles. The molecule has 1 aromatic carbocycles. The van der Waals surface area contributed by atoms with Crippen LogP contribution in [0.1, 0.15) is 19.8 Å². The van der Waals surface area contributed by atoms with Crippen molar-refractivity contribution in [1.29, 1.82) is 0 Å². The van der Waals surface area contributed by atoms with Crippen LogP contribution in [-0.2, 0) is 9.59 Å². The van der Waals surface area contributed by atoms with Gasteiger partial charge in [0.2, 0.25) is 5.91 Å². The molecule has 1 aromatic rings. The van der Waals surface area contributed by atoms with E-state index in [1.807, 2.05) is 0 Å². The number of phenolic OH excluding ortho intramolecular Hbond substituents is 1. The largest absolute Gasteiger partial charge is 0.508 e. The molecule has 0 atom stereocenters. The number of Topliss-reactive ketones (excluding diaryl/α,β-unsaturated/α-hetero) is 1. The van der Waals surface area contributed by atoms with E-state index in [9.17, 15) is 14.7 Å². The van der Waals surface area contributed by atoms with Crippen molar-refractivity contribution in [1.82, 2.24) is 0 Å². The molecule has 86 valence electrons. The van der Waals surface area contributed by atoms with Gasteiger partial charge in [0.1, 0.15) is 11.5 Å². The van der Waals surface area contributed by atoms with E-state index in [0.717, 1.165) is 0 Å². The van der Waals surface area contributed by atoms with Gasteiger partial charge in [-0.1, -0.05) is 6.07 Å². The second-order valence-electron chi connectivity index (χ2n) is 3.67. The zero-order valence-electron chi connectivity index (χ0n) is 9.43. The number of phenols is 1. The Bertz CT molecular complexity index is 401. The predicted molar refractivity (Wildman–Crippen MR) is 61.4 cm³/mol. The summed E-state index contributed by atoms with van der Waals surface area (Å²) in [6.45, 7) is 1.46. The Morgan fingerprint density at radius 2 is 2.00 bits per heavy atom. The van der Waals surface area contributed by atoms with Gasteiger partial charge in [0, 0.05) is 31.6 Å². The third kappa shape index (κ3) is 3.38. The minimum absolute atomic E-state index is 0.00217. The van der Waals surface area contributed by atoms with Gasteiger partial charge < -0.3 is 14.8 Å². The maximum Gasteiger partial charge on any atom is 0.227 e. The Balaban J connectivity index is 2.66. The van der Waals surface area contributed by atoms with Gasteiger partial charge in [0.05, 0.1) is 0 Å². The molecular weight excluding hydrogens is 206 g/mol. The van der Waals surface area contributed by atoms with Gasteiger partial charge >= 0.3 is 0 Å². The Labute approximate surface area is 94.5 Å².